The Morgan fingerprint density at radius 3 is 1.87 bits per heavy atom. The molecule has 0 aliphatic heterocycles. The Hall–Kier alpha value is -3.41. The fraction of sp³-hybridized carbons (Fsp3) is 0.543. The van der Waals surface area contributed by atoms with E-state index < -0.39 is 46.6 Å². The van der Waals surface area contributed by atoms with Crippen molar-refractivity contribution in [3.05, 3.63) is 71.8 Å². The molecular weight excluding hydrogens is 602 g/mol. The normalized spacial score (nSPS) is 25.6. The largest absolute Gasteiger partial charge is 0.346 e. The van der Waals surface area contributed by atoms with Gasteiger partial charge in [-0.2, -0.15) is 0 Å². The summed E-state index contributed by atoms with van der Waals surface area (Å²) < 4.78 is 11.6. The van der Waals surface area contributed by atoms with Gasteiger partial charge in [0.05, 0.1) is 18.6 Å². The van der Waals surface area contributed by atoms with E-state index in [1.165, 1.54) is 12.7 Å². The van der Waals surface area contributed by atoms with Crippen LogP contribution in [0.1, 0.15) is 49.7 Å². The fourth-order valence-electron chi connectivity index (χ4n) is 8.12. The number of benzene rings is 2. The van der Waals surface area contributed by atoms with Crippen molar-refractivity contribution < 1.29 is 23.4 Å². The number of carbonyl (C=O) groups is 4. The van der Waals surface area contributed by atoms with E-state index in [-0.39, 0.29) is 48.9 Å². The third kappa shape index (κ3) is 8.49. The molecule has 11 heteroatoms. The molecule has 0 spiro atoms. The zero-order valence-electron chi connectivity index (χ0n) is 26.5. The van der Waals surface area contributed by atoms with E-state index in [9.17, 15) is 23.4 Å². The highest BCUT2D eigenvalue weighted by atomic mass is 32.2. The van der Waals surface area contributed by atoms with E-state index in [0.717, 1.165) is 36.8 Å². The van der Waals surface area contributed by atoms with Gasteiger partial charge in [-0.25, -0.2) is 0 Å². The Labute approximate surface area is 273 Å². The van der Waals surface area contributed by atoms with Crippen LogP contribution in [0, 0.1) is 23.7 Å². The molecule has 2 aromatic carbocycles. The van der Waals surface area contributed by atoms with Crippen LogP contribution in [0.5, 0.6) is 0 Å². The van der Waals surface area contributed by atoms with Crippen molar-refractivity contribution in [2.24, 2.45) is 35.1 Å². The first-order chi connectivity index (χ1) is 22.1. The number of nitrogens with two attached hydrogens (primary N) is 2. The second kappa shape index (κ2) is 15.5. The molecule has 6 rings (SSSR count). The first-order valence-electron chi connectivity index (χ1n) is 16.4. The Morgan fingerprint density at radius 1 is 0.783 bits per heavy atom. The molecule has 0 saturated heterocycles. The monoisotopic (exact) mass is 649 g/mol. The molecule has 4 aliphatic rings. The maximum absolute atomic E-state index is 14.3. The summed E-state index contributed by atoms with van der Waals surface area (Å²) in [6.07, 6.45) is 7.48. The quantitative estimate of drug-likeness (QED) is 0.242. The van der Waals surface area contributed by atoms with Crippen LogP contribution in [-0.4, -0.2) is 75.5 Å². The highest BCUT2D eigenvalue weighted by Crippen LogP contribution is 2.55. The molecule has 6 N–H and O–H groups in total. The number of hydrogen-bond donors (Lipinski definition) is 4. The highest BCUT2D eigenvalue weighted by Gasteiger charge is 2.53. The molecule has 4 amide bonds. The summed E-state index contributed by atoms with van der Waals surface area (Å²) in [6, 6.07) is 15.8. The Balaban J connectivity index is 1.39. The number of rotatable bonds is 14. The molecule has 0 aromatic heterocycles. The topological polar surface area (TPSA) is 165 Å². The van der Waals surface area contributed by atoms with Crippen molar-refractivity contribution in [3.63, 3.8) is 0 Å². The number of nitrogens with zero attached hydrogens (tertiary/aromatic N) is 1. The highest BCUT2D eigenvalue weighted by molar-refractivity contribution is 7.84. The molecular formula is C35H47N5O5S. The Bertz CT molecular complexity index is 1380. The van der Waals surface area contributed by atoms with Gasteiger partial charge in [-0.3, -0.25) is 28.7 Å². The van der Waals surface area contributed by atoms with Gasteiger partial charge in [0, 0.05) is 35.3 Å². The molecule has 46 heavy (non-hydrogen) atoms. The van der Waals surface area contributed by atoms with Crippen molar-refractivity contribution in [2.75, 3.05) is 18.6 Å². The minimum absolute atomic E-state index is 0.166. The van der Waals surface area contributed by atoms with E-state index in [1.807, 2.05) is 60.7 Å². The number of nitrogens with one attached hydrogen (secondary N) is 2. The predicted molar refractivity (Wildman–Crippen MR) is 177 cm³/mol. The van der Waals surface area contributed by atoms with Crippen LogP contribution in [0.25, 0.3) is 0 Å². The summed E-state index contributed by atoms with van der Waals surface area (Å²) in [5.74, 6) is -0.0663. The summed E-state index contributed by atoms with van der Waals surface area (Å²) >= 11 is 0. The van der Waals surface area contributed by atoms with Crippen molar-refractivity contribution >= 4 is 34.4 Å². The number of amides is 4. The van der Waals surface area contributed by atoms with Gasteiger partial charge in [-0.15, -0.1) is 0 Å². The van der Waals surface area contributed by atoms with Crippen molar-refractivity contribution in [1.29, 1.82) is 0 Å². The van der Waals surface area contributed by atoms with Crippen LogP contribution in [-0.2, 0) is 42.8 Å². The van der Waals surface area contributed by atoms with Crippen LogP contribution in [0.15, 0.2) is 60.7 Å². The average molecular weight is 650 g/mol. The van der Waals surface area contributed by atoms with Gasteiger partial charge in [0.1, 0.15) is 6.04 Å². The van der Waals surface area contributed by atoms with E-state index in [2.05, 4.69) is 10.6 Å². The molecule has 2 unspecified atom stereocenters. The van der Waals surface area contributed by atoms with E-state index >= 15 is 0 Å². The van der Waals surface area contributed by atoms with Gasteiger partial charge in [-0.05, 0) is 79.7 Å². The fourth-order valence-corrected chi connectivity index (χ4v) is 8.71. The van der Waals surface area contributed by atoms with E-state index in [0.29, 0.717) is 18.3 Å². The Morgan fingerprint density at radius 2 is 1.33 bits per heavy atom. The number of imide groups is 1. The minimum Gasteiger partial charge on any atom is -0.346 e. The van der Waals surface area contributed by atoms with Crippen molar-refractivity contribution in [3.8, 4) is 0 Å². The molecule has 248 valence electrons. The van der Waals surface area contributed by atoms with Crippen LogP contribution in [0.4, 0.5) is 0 Å². The summed E-state index contributed by atoms with van der Waals surface area (Å²) in [5, 5.41) is 5.24. The standard InChI is InChI=1S/C35H47N5O5S/c1-46(45)13-12-28(36)34(43)39-35(44)30(20-23-10-6-3-7-11-23)40(32-26-15-24-14-25(17-26)18-27(32)16-24)31(41)21-38-33(42)29(37)19-22-8-4-2-5-9-22/h2-11,24-30,32H,12-21,36-37H2,1H3,(H,38,42)(H,39,43,44)/t24?,25?,26?,27?,28?,29-,30-,32?,46?/m0/s1. The lowest BCUT2D eigenvalue weighted by Crippen LogP contribution is -2.65. The van der Waals surface area contributed by atoms with Gasteiger partial charge in [0.2, 0.25) is 23.6 Å². The summed E-state index contributed by atoms with van der Waals surface area (Å²) in [7, 11) is -1.13. The maximum Gasteiger partial charge on any atom is 0.249 e. The second-order valence-electron chi connectivity index (χ2n) is 13.5. The molecule has 0 heterocycles. The molecule has 4 aliphatic carbocycles. The van der Waals surface area contributed by atoms with E-state index in [1.54, 1.807) is 4.90 Å². The summed E-state index contributed by atoms with van der Waals surface area (Å²) in [5.41, 5.74) is 14.0. The number of carbonyl (C=O) groups excluding carboxylic acids is 4. The number of hydrogen-bond acceptors (Lipinski definition) is 7. The zero-order chi connectivity index (χ0) is 32.8. The smallest absolute Gasteiger partial charge is 0.249 e. The molecule has 4 atom stereocenters. The molecule has 4 bridgehead atoms. The summed E-state index contributed by atoms with van der Waals surface area (Å²) in [6.45, 7) is -0.307. The predicted octanol–water partition coefficient (Wildman–Crippen LogP) is 1.68. The molecule has 2 aromatic rings. The van der Waals surface area contributed by atoms with Gasteiger partial charge < -0.3 is 21.7 Å². The second-order valence-corrected chi connectivity index (χ2v) is 15.0. The van der Waals surface area contributed by atoms with Crippen LogP contribution >= 0.6 is 0 Å². The van der Waals surface area contributed by atoms with Crippen molar-refractivity contribution in [1.82, 2.24) is 15.5 Å². The van der Waals surface area contributed by atoms with Gasteiger partial charge in [0.25, 0.3) is 0 Å². The maximum atomic E-state index is 14.3. The van der Waals surface area contributed by atoms with Gasteiger partial charge >= 0.3 is 0 Å². The van der Waals surface area contributed by atoms with Crippen molar-refractivity contribution in [2.45, 2.75) is 75.5 Å². The summed E-state index contributed by atoms with van der Waals surface area (Å²) in [4.78, 5) is 56.2. The van der Waals surface area contributed by atoms with Crippen LogP contribution in [0.2, 0.25) is 0 Å². The molecule has 10 nitrogen and oxygen atoms in total. The minimum atomic E-state index is -1.13. The lowest BCUT2D eigenvalue weighted by atomic mass is 9.53. The third-order valence-corrected chi connectivity index (χ3v) is 10.9. The van der Waals surface area contributed by atoms with Crippen LogP contribution in [0.3, 0.4) is 0 Å². The molecule has 0 radical (unpaired) electrons. The van der Waals surface area contributed by atoms with Gasteiger partial charge in [-0.1, -0.05) is 60.7 Å². The SMILES string of the molecule is CS(=O)CCC(N)C(=O)NC(=O)[C@H](Cc1ccccc1)N(C(=O)CNC(=O)[C@@H](N)Cc1ccccc1)C1C2CC3CC(C2)CC1C3. The third-order valence-electron chi connectivity index (χ3n) is 10.0. The average Bonchev–Trinajstić information content (AvgIpc) is 3.03. The first kappa shape index (κ1) is 33.9. The lowest BCUT2D eigenvalue weighted by Gasteiger charge is -2.58. The zero-order valence-corrected chi connectivity index (χ0v) is 27.3. The van der Waals surface area contributed by atoms with E-state index in [4.69, 9.17) is 11.5 Å². The first-order valence-corrected chi connectivity index (χ1v) is 18.1. The molecule has 4 fully saturated rings. The van der Waals surface area contributed by atoms with Crippen LogP contribution < -0.4 is 22.1 Å². The Kier molecular flexibility index (Phi) is 11.4. The molecule has 4 saturated carbocycles. The van der Waals surface area contributed by atoms with Gasteiger partial charge in [0.15, 0.2) is 0 Å². The lowest BCUT2D eigenvalue weighted by molar-refractivity contribution is -0.155.